The van der Waals surface area contributed by atoms with Crippen molar-refractivity contribution in [3.05, 3.63) is 0 Å². The maximum atomic E-state index is 2.53. The maximum absolute atomic E-state index is 2.53. The van der Waals surface area contributed by atoms with Crippen LogP contribution in [0.4, 0.5) is 0 Å². The van der Waals surface area contributed by atoms with Gasteiger partial charge in [-0.1, -0.05) is 0 Å². The van der Waals surface area contributed by atoms with Crippen LogP contribution in [0.5, 0.6) is 0 Å². The van der Waals surface area contributed by atoms with Crippen molar-refractivity contribution >= 4 is 27.4 Å². The third-order valence-corrected chi connectivity index (χ3v) is 11.4. The third-order valence-electron chi connectivity index (χ3n) is 3.87. The molecule has 2 aliphatic carbocycles. The van der Waals surface area contributed by atoms with Crippen molar-refractivity contribution in [2.45, 2.75) is 75.5 Å². The Hall–Kier alpha value is 1.22. The van der Waals surface area contributed by atoms with Gasteiger partial charge < -0.3 is 0 Å². The first-order valence-electron chi connectivity index (χ1n) is 6.33. The molecule has 0 aromatic heterocycles. The fourth-order valence-electron chi connectivity index (χ4n) is 2.97. The summed E-state index contributed by atoms with van der Waals surface area (Å²) in [5, 5.41) is 0. The van der Waals surface area contributed by atoms with Crippen molar-refractivity contribution in [2.75, 3.05) is 0 Å². The molecule has 0 nitrogen and oxygen atoms in total. The van der Waals surface area contributed by atoms with Crippen LogP contribution in [0.15, 0.2) is 0 Å². The Balaban J connectivity index is 1.82. The van der Waals surface area contributed by atoms with Gasteiger partial charge in [-0.05, 0) is 0 Å². The molecular formula is C12H22PTe. The van der Waals surface area contributed by atoms with Crippen LogP contribution in [0.25, 0.3) is 0 Å². The molecule has 0 heterocycles. The van der Waals surface area contributed by atoms with Gasteiger partial charge in [0, 0.05) is 0 Å². The van der Waals surface area contributed by atoms with E-state index in [0.29, 0.717) is 5.61 Å². The fourth-order valence-corrected chi connectivity index (χ4v) is 8.92. The Kier molecular flexibility index (Phi) is 5.08. The van der Waals surface area contributed by atoms with E-state index in [1.54, 1.807) is 25.7 Å². The van der Waals surface area contributed by atoms with Crippen molar-refractivity contribution in [3.8, 4) is 0 Å². The first-order chi connectivity index (χ1) is 6.88. The van der Waals surface area contributed by atoms with Crippen LogP contribution in [-0.4, -0.2) is 33.1 Å². The molecule has 0 aromatic carbocycles. The average Bonchev–Trinajstić information content (AvgIpc) is 2.30. The summed E-state index contributed by atoms with van der Waals surface area (Å²) in [4.78, 5) is 0. The minimum atomic E-state index is 0.393. The molecule has 2 rings (SSSR count). The zero-order valence-corrected chi connectivity index (χ0v) is 12.3. The van der Waals surface area contributed by atoms with Gasteiger partial charge in [-0.2, -0.15) is 0 Å². The quantitative estimate of drug-likeness (QED) is 0.527. The van der Waals surface area contributed by atoms with Crippen LogP contribution in [0.1, 0.15) is 64.2 Å². The predicted octanol–water partition coefficient (Wildman–Crippen LogP) is 4.22. The molecule has 0 bridgehead atoms. The normalized spacial score (nSPS) is 27.0. The van der Waals surface area contributed by atoms with Gasteiger partial charge in [0.25, 0.3) is 0 Å². The van der Waals surface area contributed by atoms with E-state index < -0.39 is 0 Å². The summed E-state index contributed by atoms with van der Waals surface area (Å²) in [5.41, 5.74) is 2.71. The molecule has 2 fully saturated rings. The molecule has 0 aromatic rings. The summed E-state index contributed by atoms with van der Waals surface area (Å²) in [6.07, 6.45) is 15.5. The third kappa shape index (κ3) is 3.10. The van der Waals surface area contributed by atoms with E-state index in [4.69, 9.17) is 0 Å². The van der Waals surface area contributed by atoms with E-state index in [0.717, 1.165) is 11.3 Å². The first kappa shape index (κ1) is 11.7. The standard InChI is InChI=1S/C12H22PTe/c14-13(11-7-3-1-4-8-11)12-9-5-2-6-10-12/h11-12H,1-10H2. The van der Waals surface area contributed by atoms with Gasteiger partial charge in [0.1, 0.15) is 0 Å². The van der Waals surface area contributed by atoms with Crippen LogP contribution in [0, 0.1) is 0 Å². The SMILES string of the molecule is [Te]P(C1CCCCC1)C1CCCCC1. The van der Waals surface area contributed by atoms with E-state index in [9.17, 15) is 0 Å². The summed E-state index contributed by atoms with van der Waals surface area (Å²) in [7, 11) is 0. The summed E-state index contributed by atoms with van der Waals surface area (Å²) >= 11 is 2.53. The predicted molar refractivity (Wildman–Crippen MR) is 66.4 cm³/mol. The second kappa shape index (κ2) is 6.08. The van der Waals surface area contributed by atoms with Crippen LogP contribution in [-0.2, 0) is 0 Å². The van der Waals surface area contributed by atoms with Crippen LogP contribution >= 0.6 is 5.61 Å². The molecule has 14 heavy (non-hydrogen) atoms. The van der Waals surface area contributed by atoms with Crippen LogP contribution in [0.2, 0.25) is 0 Å². The van der Waals surface area contributed by atoms with Gasteiger partial charge in [0.2, 0.25) is 0 Å². The van der Waals surface area contributed by atoms with E-state index >= 15 is 0 Å². The Morgan fingerprint density at radius 2 is 1.00 bits per heavy atom. The molecule has 0 saturated heterocycles. The Bertz CT molecular complexity index is 142. The van der Waals surface area contributed by atoms with Gasteiger partial charge in [-0.3, -0.25) is 0 Å². The minimum absolute atomic E-state index is 0.393. The van der Waals surface area contributed by atoms with E-state index in [-0.39, 0.29) is 0 Å². The summed E-state index contributed by atoms with van der Waals surface area (Å²) in [6.45, 7) is 0. The molecule has 2 heteroatoms. The van der Waals surface area contributed by atoms with E-state index in [1.165, 1.54) is 38.5 Å². The van der Waals surface area contributed by atoms with Crippen molar-refractivity contribution in [1.29, 1.82) is 0 Å². The van der Waals surface area contributed by atoms with Gasteiger partial charge in [0.05, 0.1) is 0 Å². The number of hydrogen-bond acceptors (Lipinski definition) is 0. The molecule has 0 amide bonds. The van der Waals surface area contributed by atoms with E-state index in [2.05, 4.69) is 21.7 Å². The molecule has 1 radical (unpaired) electrons. The Labute approximate surface area is 103 Å². The van der Waals surface area contributed by atoms with Gasteiger partial charge >= 0.3 is 103 Å². The van der Waals surface area contributed by atoms with Crippen molar-refractivity contribution in [1.82, 2.24) is 0 Å². The molecule has 0 unspecified atom stereocenters. The van der Waals surface area contributed by atoms with Crippen molar-refractivity contribution in [3.63, 3.8) is 0 Å². The molecule has 0 atom stereocenters. The average molecular weight is 325 g/mol. The van der Waals surface area contributed by atoms with Gasteiger partial charge in [0.15, 0.2) is 0 Å². The van der Waals surface area contributed by atoms with E-state index in [1.807, 2.05) is 0 Å². The number of hydrogen-bond donors (Lipinski definition) is 0. The van der Waals surface area contributed by atoms with Crippen LogP contribution in [0.3, 0.4) is 0 Å². The van der Waals surface area contributed by atoms with Crippen LogP contribution < -0.4 is 0 Å². The molecule has 81 valence electrons. The molecule has 2 aliphatic rings. The molecule has 0 spiro atoms. The topological polar surface area (TPSA) is 0 Å². The van der Waals surface area contributed by atoms with Crippen molar-refractivity contribution in [2.24, 2.45) is 0 Å². The summed E-state index contributed by atoms with van der Waals surface area (Å²) in [5.74, 6) is 0. The van der Waals surface area contributed by atoms with Crippen molar-refractivity contribution < 1.29 is 0 Å². The monoisotopic (exact) mass is 327 g/mol. The molecule has 0 aliphatic heterocycles. The fraction of sp³-hybridized carbons (Fsp3) is 1.00. The Morgan fingerprint density at radius 1 is 0.643 bits per heavy atom. The zero-order valence-electron chi connectivity index (χ0n) is 9.08. The first-order valence-corrected chi connectivity index (χ1v) is 10.9. The van der Waals surface area contributed by atoms with Gasteiger partial charge in [-0.25, -0.2) is 0 Å². The molecule has 2 saturated carbocycles. The summed E-state index contributed by atoms with van der Waals surface area (Å²) in [6, 6.07) is 0. The Morgan fingerprint density at radius 3 is 1.36 bits per heavy atom. The second-order valence-corrected chi connectivity index (χ2v) is 10.7. The zero-order chi connectivity index (χ0) is 9.80. The number of rotatable bonds is 2. The molecular weight excluding hydrogens is 303 g/mol. The second-order valence-electron chi connectivity index (χ2n) is 4.94. The summed E-state index contributed by atoms with van der Waals surface area (Å²) < 4.78 is 0. The molecule has 0 N–H and O–H groups in total. The van der Waals surface area contributed by atoms with Gasteiger partial charge in [-0.15, -0.1) is 0 Å².